The number of methoxy groups -OCH3 is 1. The Labute approximate surface area is 75.1 Å². The summed E-state index contributed by atoms with van der Waals surface area (Å²) < 4.78 is 6.89. The molecule has 2 aromatic heterocycles. The molecule has 0 fully saturated rings. The SMILES string of the molecule is COc1ccc2nnc(CN)n2c1. The molecule has 2 heterocycles. The normalized spacial score (nSPS) is 10.6. The van der Waals surface area contributed by atoms with Crippen molar-refractivity contribution in [1.29, 1.82) is 0 Å². The Balaban J connectivity index is 2.64. The van der Waals surface area contributed by atoms with E-state index in [0.717, 1.165) is 17.2 Å². The number of fused-ring (bicyclic) bond motifs is 1. The minimum absolute atomic E-state index is 0.369. The topological polar surface area (TPSA) is 65.4 Å². The number of hydrogen-bond donors (Lipinski definition) is 1. The van der Waals surface area contributed by atoms with Crippen LogP contribution in [0.2, 0.25) is 0 Å². The van der Waals surface area contributed by atoms with Crippen LogP contribution in [-0.4, -0.2) is 21.7 Å². The van der Waals surface area contributed by atoms with Crippen LogP contribution in [-0.2, 0) is 6.54 Å². The molecule has 0 aromatic carbocycles. The maximum atomic E-state index is 5.49. The lowest BCUT2D eigenvalue weighted by Gasteiger charge is -2.00. The minimum Gasteiger partial charge on any atom is -0.495 e. The summed E-state index contributed by atoms with van der Waals surface area (Å²) >= 11 is 0. The van der Waals surface area contributed by atoms with Crippen molar-refractivity contribution in [3.63, 3.8) is 0 Å². The van der Waals surface area contributed by atoms with Crippen molar-refractivity contribution < 1.29 is 4.74 Å². The van der Waals surface area contributed by atoms with E-state index in [1.807, 2.05) is 22.7 Å². The number of pyridine rings is 1. The van der Waals surface area contributed by atoms with Crippen LogP contribution in [0.3, 0.4) is 0 Å². The third kappa shape index (κ3) is 1.23. The zero-order chi connectivity index (χ0) is 9.26. The summed E-state index contributed by atoms with van der Waals surface area (Å²) in [6.07, 6.45) is 1.82. The first-order valence-corrected chi connectivity index (χ1v) is 3.93. The second-order valence-electron chi connectivity index (χ2n) is 2.62. The Morgan fingerprint density at radius 1 is 1.46 bits per heavy atom. The van der Waals surface area contributed by atoms with Crippen molar-refractivity contribution in [2.45, 2.75) is 6.54 Å². The fraction of sp³-hybridized carbons (Fsp3) is 0.250. The van der Waals surface area contributed by atoms with E-state index in [9.17, 15) is 0 Å². The summed E-state index contributed by atoms with van der Waals surface area (Å²) in [4.78, 5) is 0. The van der Waals surface area contributed by atoms with Crippen molar-refractivity contribution in [2.24, 2.45) is 5.73 Å². The Bertz CT molecular complexity index is 423. The molecule has 0 bridgehead atoms. The molecule has 0 atom stereocenters. The summed E-state index contributed by atoms with van der Waals surface area (Å²) in [5, 5.41) is 7.86. The van der Waals surface area contributed by atoms with Gasteiger partial charge in [-0.1, -0.05) is 0 Å². The van der Waals surface area contributed by atoms with Crippen molar-refractivity contribution in [1.82, 2.24) is 14.6 Å². The average molecular weight is 178 g/mol. The second-order valence-corrected chi connectivity index (χ2v) is 2.62. The standard InChI is InChI=1S/C8H10N4O/c1-13-6-2-3-7-10-11-8(4-9)12(7)5-6/h2-3,5H,4,9H2,1H3. The van der Waals surface area contributed by atoms with Crippen molar-refractivity contribution in [3.8, 4) is 5.75 Å². The first-order chi connectivity index (χ1) is 6.35. The summed E-state index contributed by atoms with van der Waals surface area (Å²) in [5.74, 6) is 1.50. The van der Waals surface area contributed by atoms with Gasteiger partial charge in [-0.25, -0.2) is 0 Å². The summed E-state index contributed by atoms with van der Waals surface area (Å²) in [6, 6.07) is 3.68. The lowest BCUT2D eigenvalue weighted by atomic mass is 10.4. The number of aromatic nitrogens is 3. The molecule has 0 spiro atoms. The van der Waals surface area contributed by atoms with Crippen LogP contribution >= 0.6 is 0 Å². The van der Waals surface area contributed by atoms with Gasteiger partial charge >= 0.3 is 0 Å². The van der Waals surface area contributed by atoms with Gasteiger partial charge in [-0.15, -0.1) is 10.2 Å². The minimum atomic E-state index is 0.369. The van der Waals surface area contributed by atoms with Gasteiger partial charge in [0.05, 0.1) is 19.9 Å². The molecule has 0 aliphatic heterocycles. The van der Waals surface area contributed by atoms with Crippen LogP contribution in [0.15, 0.2) is 18.3 Å². The maximum Gasteiger partial charge on any atom is 0.161 e. The van der Waals surface area contributed by atoms with Crippen molar-refractivity contribution >= 4 is 5.65 Å². The molecule has 0 saturated carbocycles. The Morgan fingerprint density at radius 2 is 2.31 bits per heavy atom. The van der Waals surface area contributed by atoms with E-state index in [2.05, 4.69) is 10.2 Å². The van der Waals surface area contributed by atoms with Gasteiger partial charge in [0.25, 0.3) is 0 Å². The van der Waals surface area contributed by atoms with Gasteiger partial charge in [0.2, 0.25) is 0 Å². The van der Waals surface area contributed by atoms with E-state index in [-0.39, 0.29) is 0 Å². The highest BCUT2D eigenvalue weighted by molar-refractivity contribution is 5.41. The third-order valence-corrected chi connectivity index (χ3v) is 1.86. The molecule has 0 amide bonds. The van der Waals surface area contributed by atoms with Gasteiger partial charge in [-0.2, -0.15) is 0 Å². The summed E-state index contributed by atoms with van der Waals surface area (Å²) in [7, 11) is 1.62. The van der Waals surface area contributed by atoms with Crippen LogP contribution in [0.1, 0.15) is 5.82 Å². The van der Waals surface area contributed by atoms with Gasteiger partial charge in [0.1, 0.15) is 5.75 Å². The Morgan fingerprint density at radius 3 is 3.00 bits per heavy atom. The number of rotatable bonds is 2. The fourth-order valence-electron chi connectivity index (χ4n) is 1.18. The van der Waals surface area contributed by atoms with Crippen LogP contribution in [0.5, 0.6) is 5.75 Å². The molecule has 0 radical (unpaired) electrons. The molecule has 2 N–H and O–H groups in total. The van der Waals surface area contributed by atoms with E-state index in [0.29, 0.717) is 6.54 Å². The molecular weight excluding hydrogens is 168 g/mol. The molecule has 68 valence electrons. The third-order valence-electron chi connectivity index (χ3n) is 1.86. The highest BCUT2D eigenvalue weighted by Crippen LogP contribution is 2.12. The second kappa shape index (κ2) is 3.02. The quantitative estimate of drug-likeness (QED) is 0.713. The molecule has 0 saturated heterocycles. The molecule has 0 aliphatic rings. The van der Waals surface area contributed by atoms with Gasteiger partial charge in [0, 0.05) is 0 Å². The maximum absolute atomic E-state index is 5.49. The number of nitrogens with two attached hydrogens (primary N) is 1. The van der Waals surface area contributed by atoms with Crippen LogP contribution in [0.25, 0.3) is 5.65 Å². The van der Waals surface area contributed by atoms with Crippen molar-refractivity contribution in [3.05, 3.63) is 24.2 Å². The monoisotopic (exact) mass is 178 g/mol. The molecule has 0 aliphatic carbocycles. The molecule has 2 rings (SSSR count). The van der Waals surface area contributed by atoms with E-state index in [1.54, 1.807) is 7.11 Å². The molecule has 0 unspecified atom stereocenters. The lowest BCUT2D eigenvalue weighted by molar-refractivity contribution is 0.412. The van der Waals surface area contributed by atoms with Gasteiger partial charge in [-0.05, 0) is 12.1 Å². The zero-order valence-corrected chi connectivity index (χ0v) is 7.27. The van der Waals surface area contributed by atoms with E-state index in [4.69, 9.17) is 10.5 Å². The number of nitrogens with zero attached hydrogens (tertiary/aromatic N) is 3. The summed E-state index contributed by atoms with van der Waals surface area (Å²) in [5.41, 5.74) is 6.27. The molecule has 13 heavy (non-hydrogen) atoms. The highest BCUT2D eigenvalue weighted by Gasteiger charge is 2.03. The smallest absolute Gasteiger partial charge is 0.161 e. The van der Waals surface area contributed by atoms with Gasteiger partial charge in [0.15, 0.2) is 11.5 Å². The van der Waals surface area contributed by atoms with Crippen molar-refractivity contribution in [2.75, 3.05) is 7.11 Å². The van der Waals surface area contributed by atoms with E-state index < -0.39 is 0 Å². The van der Waals surface area contributed by atoms with E-state index in [1.165, 1.54) is 0 Å². The van der Waals surface area contributed by atoms with E-state index >= 15 is 0 Å². The van der Waals surface area contributed by atoms with Crippen LogP contribution in [0, 0.1) is 0 Å². The molecule has 5 nitrogen and oxygen atoms in total. The predicted octanol–water partition coefficient (Wildman–Crippen LogP) is 0.197. The van der Waals surface area contributed by atoms with Crippen LogP contribution < -0.4 is 10.5 Å². The lowest BCUT2D eigenvalue weighted by Crippen LogP contribution is -2.02. The summed E-state index contributed by atoms with van der Waals surface area (Å²) in [6.45, 7) is 0.369. The zero-order valence-electron chi connectivity index (χ0n) is 7.27. The first kappa shape index (κ1) is 8.00. The Hall–Kier alpha value is -1.62. The molecular formula is C8H10N4O. The van der Waals surface area contributed by atoms with Gasteiger partial charge < -0.3 is 10.5 Å². The Kier molecular flexibility index (Phi) is 1.86. The number of ether oxygens (including phenoxy) is 1. The fourth-order valence-corrected chi connectivity index (χ4v) is 1.18. The predicted molar refractivity (Wildman–Crippen MR) is 47.4 cm³/mol. The largest absolute Gasteiger partial charge is 0.495 e. The first-order valence-electron chi connectivity index (χ1n) is 3.93. The van der Waals surface area contributed by atoms with Gasteiger partial charge in [-0.3, -0.25) is 4.40 Å². The van der Waals surface area contributed by atoms with Crippen LogP contribution in [0.4, 0.5) is 0 Å². The molecule has 2 aromatic rings. The average Bonchev–Trinajstić information content (AvgIpc) is 2.59. The molecule has 5 heteroatoms. The number of hydrogen-bond acceptors (Lipinski definition) is 4. The highest BCUT2D eigenvalue weighted by atomic mass is 16.5.